The summed E-state index contributed by atoms with van der Waals surface area (Å²) in [6, 6.07) is 6.24. The van der Waals surface area contributed by atoms with Crippen LogP contribution in [0.3, 0.4) is 0 Å². The Labute approximate surface area is 177 Å². The number of fused-ring (bicyclic) bond motifs is 1. The van der Waals surface area contributed by atoms with Crippen molar-refractivity contribution < 1.29 is 9.84 Å². The van der Waals surface area contributed by atoms with Gasteiger partial charge in [-0.05, 0) is 42.4 Å². The number of imidazole rings is 1. The molecule has 0 spiro atoms. The second-order valence-electron chi connectivity index (χ2n) is 9.16. The number of aryl methyl sites for hydroxylation is 1. The van der Waals surface area contributed by atoms with Gasteiger partial charge in [-0.1, -0.05) is 32.9 Å². The van der Waals surface area contributed by atoms with Gasteiger partial charge in [0.2, 0.25) is 0 Å². The number of rotatable bonds is 6. The molecule has 160 valence electrons. The highest BCUT2D eigenvalue weighted by atomic mass is 16.5. The zero-order valence-electron chi connectivity index (χ0n) is 18.3. The van der Waals surface area contributed by atoms with Gasteiger partial charge in [0, 0.05) is 13.1 Å². The van der Waals surface area contributed by atoms with Gasteiger partial charge < -0.3 is 19.3 Å². The summed E-state index contributed by atoms with van der Waals surface area (Å²) in [7, 11) is 0. The van der Waals surface area contributed by atoms with E-state index in [1.165, 1.54) is 18.4 Å². The fraction of sp³-hybridized carbons (Fsp3) is 0.522. The van der Waals surface area contributed by atoms with Gasteiger partial charge in [-0.15, -0.1) is 0 Å². The zero-order valence-corrected chi connectivity index (χ0v) is 18.3. The number of nitrogens with zero attached hydrogens (tertiary/aromatic N) is 5. The molecule has 1 aromatic carbocycles. The van der Waals surface area contributed by atoms with Crippen LogP contribution in [0.2, 0.25) is 0 Å². The summed E-state index contributed by atoms with van der Waals surface area (Å²) in [5.41, 5.74) is 3.98. The molecule has 1 fully saturated rings. The normalized spacial score (nSPS) is 15.7. The highest BCUT2D eigenvalue weighted by molar-refractivity contribution is 5.83. The number of aliphatic hydroxyl groups excluding tert-OH is 1. The first-order chi connectivity index (χ1) is 14.3. The molecular formula is C23H31N5O2. The van der Waals surface area contributed by atoms with Crippen molar-refractivity contribution in [2.45, 2.75) is 58.6 Å². The molecule has 0 saturated carbocycles. The van der Waals surface area contributed by atoms with Crippen LogP contribution in [0.4, 0.5) is 5.82 Å². The van der Waals surface area contributed by atoms with Gasteiger partial charge >= 0.3 is 0 Å². The molecule has 2 aromatic heterocycles. The quantitative estimate of drug-likeness (QED) is 0.672. The van der Waals surface area contributed by atoms with E-state index in [0.717, 1.165) is 41.4 Å². The van der Waals surface area contributed by atoms with E-state index in [1.54, 1.807) is 12.7 Å². The number of aliphatic hydroxyl groups is 1. The highest BCUT2D eigenvalue weighted by Crippen LogP contribution is 2.28. The van der Waals surface area contributed by atoms with Gasteiger partial charge in [-0.25, -0.2) is 15.0 Å². The molecule has 4 rings (SSSR count). The van der Waals surface area contributed by atoms with Crippen LogP contribution in [0.15, 0.2) is 30.9 Å². The van der Waals surface area contributed by atoms with E-state index in [0.29, 0.717) is 6.54 Å². The molecule has 1 saturated heterocycles. The minimum Gasteiger partial charge on any atom is -0.491 e. The second kappa shape index (κ2) is 8.22. The molecule has 0 aliphatic carbocycles. The highest BCUT2D eigenvalue weighted by Gasteiger charge is 2.20. The monoisotopic (exact) mass is 409 g/mol. The van der Waals surface area contributed by atoms with Crippen LogP contribution in [-0.4, -0.2) is 50.4 Å². The molecule has 1 N–H and O–H groups in total. The maximum atomic E-state index is 10.6. The van der Waals surface area contributed by atoms with Crippen LogP contribution in [-0.2, 0) is 12.0 Å². The topological polar surface area (TPSA) is 76.3 Å². The Bertz CT molecular complexity index is 1020. The van der Waals surface area contributed by atoms with E-state index in [2.05, 4.69) is 52.8 Å². The number of hydrogen-bond donors (Lipinski definition) is 1. The van der Waals surface area contributed by atoms with Crippen molar-refractivity contribution >= 4 is 17.0 Å². The third kappa shape index (κ3) is 4.26. The van der Waals surface area contributed by atoms with Crippen LogP contribution in [0, 0.1) is 6.92 Å². The summed E-state index contributed by atoms with van der Waals surface area (Å²) < 4.78 is 7.78. The lowest BCUT2D eigenvalue weighted by atomic mass is 9.86. The fourth-order valence-corrected chi connectivity index (χ4v) is 3.91. The minimum absolute atomic E-state index is 0.0983. The average Bonchev–Trinajstić information content (AvgIpc) is 3.36. The Morgan fingerprint density at radius 1 is 1.13 bits per heavy atom. The van der Waals surface area contributed by atoms with Gasteiger partial charge in [0.05, 0.1) is 12.9 Å². The largest absolute Gasteiger partial charge is 0.491 e. The molecule has 0 amide bonds. The number of aromatic nitrogens is 4. The maximum absolute atomic E-state index is 10.6. The Hall–Kier alpha value is -2.67. The van der Waals surface area contributed by atoms with Crippen LogP contribution in [0.1, 0.15) is 44.7 Å². The van der Waals surface area contributed by atoms with E-state index in [9.17, 15) is 5.11 Å². The molecule has 1 atom stereocenters. The van der Waals surface area contributed by atoms with Crippen LogP contribution in [0.5, 0.6) is 5.75 Å². The Kier molecular flexibility index (Phi) is 5.64. The third-order valence-corrected chi connectivity index (χ3v) is 5.67. The molecule has 7 nitrogen and oxygen atoms in total. The molecule has 3 aromatic rings. The van der Waals surface area contributed by atoms with Crippen LogP contribution in [0.25, 0.3) is 11.2 Å². The van der Waals surface area contributed by atoms with Gasteiger partial charge in [0.15, 0.2) is 17.0 Å². The number of hydrogen-bond acceptors (Lipinski definition) is 6. The zero-order chi connectivity index (χ0) is 21.3. The lowest BCUT2D eigenvalue weighted by Crippen LogP contribution is -2.24. The number of benzene rings is 1. The summed E-state index contributed by atoms with van der Waals surface area (Å²) in [6.07, 6.45) is 4.99. The Morgan fingerprint density at radius 3 is 2.60 bits per heavy atom. The van der Waals surface area contributed by atoms with Gasteiger partial charge in [-0.2, -0.15) is 0 Å². The number of ether oxygens (including phenoxy) is 1. The van der Waals surface area contributed by atoms with E-state index >= 15 is 0 Å². The SMILES string of the molecule is Cc1cc(C(C)(C)C)ccc1OC[C@@H](O)Cn1cnc2c(N3CCCC3)ncnc21. The smallest absolute Gasteiger partial charge is 0.165 e. The second-order valence-corrected chi connectivity index (χ2v) is 9.16. The number of anilines is 1. The van der Waals surface area contributed by atoms with Gasteiger partial charge in [0.25, 0.3) is 0 Å². The molecule has 1 aliphatic heterocycles. The van der Waals surface area contributed by atoms with Crippen LogP contribution < -0.4 is 9.64 Å². The summed E-state index contributed by atoms with van der Waals surface area (Å²) >= 11 is 0. The van der Waals surface area contributed by atoms with E-state index in [1.807, 2.05) is 17.6 Å². The third-order valence-electron chi connectivity index (χ3n) is 5.67. The van der Waals surface area contributed by atoms with Crippen molar-refractivity contribution in [3.05, 3.63) is 42.0 Å². The molecule has 0 unspecified atom stereocenters. The van der Waals surface area contributed by atoms with Gasteiger partial charge in [0.1, 0.15) is 24.8 Å². The summed E-state index contributed by atoms with van der Waals surface area (Å²) in [6.45, 7) is 11.2. The van der Waals surface area contributed by atoms with E-state index < -0.39 is 6.10 Å². The predicted octanol–water partition coefficient (Wildman–Crippen LogP) is 3.47. The molecule has 30 heavy (non-hydrogen) atoms. The molecular weight excluding hydrogens is 378 g/mol. The molecule has 0 radical (unpaired) electrons. The Morgan fingerprint density at radius 2 is 1.90 bits per heavy atom. The van der Waals surface area contributed by atoms with Crippen molar-refractivity contribution in [1.29, 1.82) is 0 Å². The molecule has 7 heteroatoms. The van der Waals surface area contributed by atoms with Crippen molar-refractivity contribution in [3.63, 3.8) is 0 Å². The maximum Gasteiger partial charge on any atom is 0.165 e. The van der Waals surface area contributed by atoms with Crippen molar-refractivity contribution in [3.8, 4) is 5.75 Å². The molecule has 1 aliphatic rings. The Balaban J connectivity index is 1.43. The summed E-state index contributed by atoms with van der Waals surface area (Å²) in [5, 5.41) is 10.6. The van der Waals surface area contributed by atoms with Crippen molar-refractivity contribution in [1.82, 2.24) is 19.5 Å². The van der Waals surface area contributed by atoms with Gasteiger partial charge in [-0.3, -0.25) is 0 Å². The fourth-order valence-electron chi connectivity index (χ4n) is 3.91. The first kappa shape index (κ1) is 20.6. The van der Waals surface area contributed by atoms with Crippen LogP contribution >= 0.6 is 0 Å². The standard InChI is InChI=1S/C23H31N5O2/c1-16-11-17(23(2,3)4)7-8-19(16)30-13-18(29)12-28-15-26-20-21(24-14-25-22(20)28)27-9-5-6-10-27/h7-8,11,14-15,18,29H,5-6,9-10,12-13H2,1-4H3/t18-/m0/s1. The molecule has 3 heterocycles. The molecule has 0 bridgehead atoms. The summed E-state index contributed by atoms with van der Waals surface area (Å²) in [4.78, 5) is 15.6. The first-order valence-corrected chi connectivity index (χ1v) is 10.7. The average molecular weight is 410 g/mol. The van der Waals surface area contributed by atoms with Crippen molar-refractivity contribution in [2.75, 3.05) is 24.6 Å². The van der Waals surface area contributed by atoms with Crippen molar-refractivity contribution in [2.24, 2.45) is 0 Å². The van der Waals surface area contributed by atoms with E-state index in [-0.39, 0.29) is 12.0 Å². The lowest BCUT2D eigenvalue weighted by Gasteiger charge is -2.21. The van der Waals surface area contributed by atoms with E-state index in [4.69, 9.17) is 4.74 Å². The predicted molar refractivity (Wildman–Crippen MR) is 118 cm³/mol. The summed E-state index contributed by atoms with van der Waals surface area (Å²) in [5.74, 6) is 1.69. The minimum atomic E-state index is -0.672. The first-order valence-electron chi connectivity index (χ1n) is 10.7. The lowest BCUT2D eigenvalue weighted by molar-refractivity contribution is 0.0929.